The normalized spacial score (nSPS) is 10.7. The number of thioether (sulfide) groups is 1. The van der Waals surface area contributed by atoms with E-state index in [-0.39, 0.29) is 5.91 Å². The fourth-order valence-corrected chi connectivity index (χ4v) is 4.06. The zero-order valence-corrected chi connectivity index (χ0v) is 15.8. The number of aromatic nitrogens is 4. The molecule has 8 heteroatoms. The molecule has 1 amide bonds. The number of pyridine rings is 1. The first-order chi connectivity index (χ1) is 13.3. The number of carbonyl (C=O) groups excluding carboxylic acids is 1. The van der Waals surface area contributed by atoms with Crippen LogP contribution in [0.1, 0.15) is 16.1 Å². The van der Waals surface area contributed by atoms with E-state index in [0.717, 1.165) is 16.3 Å². The van der Waals surface area contributed by atoms with Gasteiger partial charge in [-0.1, -0.05) is 12.1 Å². The van der Waals surface area contributed by atoms with Gasteiger partial charge in [0.2, 0.25) is 0 Å². The lowest BCUT2D eigenvalue weighted by Crippen LogP contribution is -2.13. The summed E-state index contributed by atoms with van der Waals surface area (Å²) in [4.78, 5) is 22.3. The van der Waals surface area contributed by atoms with E-state index in [9.17, 15) is 4.79 Å². The maximum Gasteiger partial charge on any atom is 0.256 e. The fraction of sp³-hybridized carbons (Fsp3) is 0.0526. The second-order valence-corrected chi connectivity index (χ2v) is 7.31. The van der Waals surface area contributed by atoms with Gasteiger partial charge in [-0.3, -0.25) is 4.79 Å². The lowest BCUT2D eigenvalue weighted by molar-refractivity contribution is 0.102. The summed E-state index contributed by atoms with van der Waals surface area (Å²) in [5.41, 5.74) is 4.09. The molecule has 6 nitrogen and oxygen atoms in total. The molecule has 27 heavy (non-hydrogen) atoms. The van der Waals surface area contributed by atoms with Crippen LogP contribution in [0.4, 0.5) is 5.69 Å². The van der Waals surface area contributed by atoms with Gasteiger partial charge in [0, 0.05) is 28.4 Å². The van der Waals surface area contributed by atoms with Gasteiger partial charge in [0.15, 0.2) is 5.82 Å². The van der Waals surface area contributed by atoms with Gasteiger partial charge in [-0.05, 0) is 30.3 Å². The molecule has 0 saturated heterocycles. The quantitative estimate of drug-likeness (QED) is 0.495. The van der Waals surface area contributed by atoms with Crippen molar-refractivity contribution < 1.29 is 4.79 Å². The Hall–Kier alpha value is -2.97. The molecule has 0 aliphatic heterocycles. The molecule has 0 aliphatic rings. The summed E-state index contributed by atoms with van der Waals surface area (Å²) >= 11 is 3.17. The van der Waals surface area contributed by atoms with Crippen molar-refractivity contribution >= 4 is 34.7 Å². The van der Waals surface area contributed by atoms with Crippen molar-refractivity contribution in [3.8, 4) is 5.82 Å². The van der Waals surface area contributed by atoms with Gasteiger partial charge in [-0.25, -0.2) is 14.6 Å². The standard InChI is InChI=1S/C19H15N5OS2/c25-19(23-14-6-7-18(20-10-14)24-9-3-8-22-24)16-4-1-2-5-17(16)27-12-15-11-26-13-21-15/h1-11,13H,12H2,(H,23,25). The second kappa shape index (κ2) is 8.15. The number of hydrogen-bond donors (Lipinski definition) is 1. The van der Waals surface area contributed by atoms with Crippen LogP contribution in [0.3, 0.4) is 0 Å². The summed E-state index contributed by atoms with van der Waals surface area (Å²) in [6.45, 7) is 0. The first-order valence-corrected chi connectivity index (χ1v) is 10.1. The van der Waals surface area contributed by atoms with Crippen molar-refractivity contribution in [1.82, 2.24) is 19.7 Å². The Labute approximate surface area is 164 Å². The third-order valence-corrected chi connectivity index (χ3v) is 5.48. The van der Waals surface area contributed by atoms with Crippen molar-refractivity contribution in [2.75, 3.05) is 5.32 Å². The Morgan fingerprint density at radius 2 is 2.07 bits per heavy atom. The van der Waals surface area contributed by atoms with E-state index in [0.29, 0.717) is 17.1 Å². The number of rotatable bonds is 6. The highest BCUT2D eigenvalue weighted by atomic mass is 32.2. The molecule has 0 saturated carbocycles. The van der Waals surface area contributed by atoms with Crippen molar-refractivity contribution in [2.45, 2.75) is 10.6 Å². The highest BCUT2D eigenvalue weighted by Gasteiger charge is 2.12. The van der Waals surface area contributed by atoms with Gasteiger partial charge in [-0.15, -0.1) is 23.1 Å². The Morgan fingerprint density at radius 3 is 2.81 bits per heavy atom. The Morgan fingerprint density at radius 1 is 1.15 bits per heavy atom. The van der Waals surface area contributed by atoms with Crippen LogP contribution in [0.2, 0.25) is 0 Å². The van der Waals surface area contributed by atoms with E-state index in [1.807, 2.05) is 59.6 Å². The first-order valence-electron chi connectivity index (χ1n) is 8.16. The summed E-state index contributed by atoms with van der Waals surface area (Å²) in [6, 6.07) is 13.0. The third kappa shape index (κ3) is 4.24. The van der Waals surface area contributed by atoms with Crippen molar-refractivity contribution in [1.29, 1.82) is 0 Å². The first kappa shape index (κ1) is 17.4. The molecule has 4 rings (SSSR count). The smallest absolute Gasteiger partial charge is 0.256 e. The lowest BCUT2D eigenvalue weighted by Gasteiger charge is -2.10. The van der Waals surface area contributed by atoms with E-state index < -0.39 is 0 Å². The van der Waals surface area contributed by atoms with Crippen LogP contribution in [0, 0.1) is 0 Å². The minimum atomic E-state index is -0.162. The summed E-state index contributed by atoms with van der Waals surface area (Å²) in [6.07, 6.45) is 5.13. The minimum Gasteiger partial charge on any atom is -0.321 e. The number of hydrogen-bond acceptors (Lipinski definition) is 6. The maximum absolute atomic E-state index is 12.7. The van der Waals surface area contributed by atoms with Gasteiger partial charge in [0.25, 0.3) is 5.91 Å². The summed E-state index contributed by atoms with van der Waals surface area (Å²) in [5.74, 6) is 1.26. The van der Waals surface area contributed by atoms with Crippen molar-refractivity contribution in [3.05, 3.63) is 83.2 Å². The summed E-state index contributed by atoms with van der Waals surface area (Å²) in [5, 5.41) is 9.06. The second-order valence-electron chi connectivity index (χ2n) is 5.57. The summed E-state index contributed by atoms with van der Waals surface area (Å²) < 4.78 is 1.66. The van der Waals surface area contributed by atoms with Crippen LogP contribution >= 0.6 is 23.1 Å². The van der Waals surface area contributed by atoms with Gasteiger partial charge < -0.3 is 5.32 Å². The van der Waals surface area contributed by atoms with E-state index in [2.05, 4.69) is 20.4 Å². The van der Waals surface area contributed by atoms with Crippen molar-refractivity contribution in [2.24, 2.45) is 0 Å². The predicted octanol–water partition coefficient (Wildman–Crippen LogP) is 4.27. The molecule has 3 aromatic heterocycles. The average molecular weight is 393 g/mol. The van der Waals surface area contributed by atoms with Crippen LogP contribution < -0.4 is 5.32 Å². The minimum absolute atomic E-state index is 0.162. The Balaban J connectivity index is 1.46. The van der Waals surface area contributed by atoms with Crippen molar-refractivity contribution in [3.63, 3.8) is 0 Å². The largest absolute Gasteiger partial charge is 0.321 e. The van der Waals surface area contributed by atoms with Gasteiger partial charge >= 0.3 is 0 Å². The Kier molecular flexibility index (Phi) is 5.27. The molecule has 0 atom stereocenters. The molecule has 1 N–H and O–H groups in total. The molecular weight excluding hydrogens is 378 g/mol. The molecule has 0 aliphatic carbocycles. The van der Waals surface area contributed by atoms with Crippen LogP contribution in [0.25, 0.3) is 5.82 Å². The highest BCUT2D eigenvalue weighted by Crippen LogP contribution is 2.27. The third-order valence-electron chi connectivity index (χ3n) is 3.74. The highest BCUT2D eigenvalue weighted by molar-refractivity contribution is 7.98. The number of nitrogens with one attached hydrogen (secondary N) is 1. The number of amides is 1. The monoisotopic (exact) mass is 393 g/mol. The molecule has 0 spiro atoms. The van der Waals surface area contributed by atoms with E-state index >= 15 is 0 Å². The number of thiazole rings is 1. The fourth-order valence-electron chi connectivity index (χ4n) is 2.44. The van der Waals surface area contributed by atoms with E-state index in [1.54, 1.807) is 40.2 Å². The molecule has 134 valence electrons. The van der Waals surface area contributed by atoms with Gasteiger partial charge in [-0.2, -0.15) is 5.10 Å². The maximum atomic E-state index is 12.7. The topological polar surface area (TPSA) is 72.7 Å². The van der Waals surface area contributed by atoms with E-state index in [1.165, 1.54) is 0 Å². The van der Waals surface area contributed by atoms with Gasteiger partial charge in [0.05, 0.1) is 28.7 Å². The molecule has 0 fully saturated rings. The predicted molar refractivity (Wildman–Crippen MR) is 107 cm³/mol. The molecule has 0 bridgehead atoms. The molecule has 1 aromatic carbocycles. The SMILES string of the molecule is O=C(Nc1ccc(-n2cccn2)nc1)c1ccccc1SCc1cscn1. The molecule has 4 aromatic rings. The molecule has 0 unspecified atom stereocenters. The zero-order chi connectivity index (χ0) is 18.5. The van der Waals surface area contributed by atoms with Crippen LogP contribution in [-0.2, 0) is 5.75 Å². The van der Waals surface area contributed by atoms with Crippen LogP contribution in [0.5, 0.6) is 0 Å². The van der Waals surface area contributed by atoms with E-state index in [4.69, 9.17) is 0 Å². The number of benzene rings is 1. The number of carbonyl (C=O) groups is 1. The van der Waals surface area contributed by atoms with Crippen LogP contribution in [0.15, 0.2) is 76.8 Å². The van der Waals surface area contributed by atoms with Gasteiger partial charge in [0.1, 0.15) is 0 Å². The van der Waals surface area contributed by atoms with Crippen LogP contribution in [-0.4, -0.2) is 25.7 Å². The average Bonchev–Trinajstić information content (AvgIpc) is 3.41. The Bertz CT molecular complexity index is 1010. The number of anilines is 1. The molecular formula is C19H15N5OS2. The summed E-state index contributed by atoms with van der Waals surface area (Å²) in [7, 11) is 0. The lowest BCUT2D eigenvalue weighted by atomic mass is 10.2. The zero-order valence-electron chi connectivity index (χ0n) is 14.1. The number of nitrogens with zero attached hydrogens (tertiary/aromatic N) is 4. The molecule has 3 heterocycles. The molecule has 0 radical (unpaired) electrons.